The summed E-state index contributed by atoms with van der Waals surface area (Å²) in [5.41, 5.74) is 3.57. The number of hydrogen-bond acceptors (Lipinski definition) is 20. The van der Waals surface area contributed by atoms with Crippen LogP contribution in [0.4, 0.5) is 5.69 Å². The molecular formula is C68H99N5O18S. The fourth-order valence-electron chi connectivity index (χ4n) is 9.41. The maximum absolute atomic E-state index is 12.7. The lowest BCUT2D eigenvalue weighted by atomic mass is 9.87. The summed E-state index contributed by atoms with van der Waals surface area (Å²) in [6.45, 7) is 23.2. The fraction of sp³-hybridized carbons (Fsp3) is 0.559. The van der Waals surface area contributed by atoms with Gasteiger partial charge in [-0.15, -0.1) is 0 Å². The van der Waals surface area contributed by atoms with Crippen molar-refractivity contribution in [3.8, 4) is 17.2 Å². The number of phenolic OH excluding ortho intramolecular Hbond substituents is 3. The molecule has 6 atom stereocenters. The van der Waals surface area contributed by atoms with Crippen LogP contribution in [0.25, 0.3) is 0 Å². The van der Waals surface area contributed by atoms with E-state index < -0.39 is 45.5 Å². The number of hydrogen-bond donors (Lipinski definition) is 7. The minimum atomic E-state index is -0.870. The molecule has 1 aliphatic heterocycles. The Hall–Kier alpha value is -7.83. The molecule has 3 aromatic carbocycles. The summed E-state index contributed by atoms with van der Waals surface area (Å²) in [5, 5.41) is 51.0. The van der Waals surface area contributed by atoms with Crippen molar-refractivity contribution in [2.75, 3.05) is 32.1 Å². The number of nitro groups is 1. The number of ether oxygens (including phenoxy) is 5. The van der Waals surface area contributed by atoms with Gasteiger partial charge in [-0.25, -0.2) is 5.84 Å². The molecular weight excluding hydrogens is 1210 g/mol. The highest BCUT2D eigenvalue weighted by Gasteiger charge is 2.28. The van der Waals surface area contributed by atoms with E-state index in [9.17, 15) is 59.0 Å². The highest BCUT2D eigenvalue weighted by molar-refractivity contribution is 7.98. The minimum Gasteiger partial charge on any atom is -0.508 e. The van der Waals surface area contributed by atoms with Gasteiger partial charge in [-0.1, -0.05) is 57.2 Å². The zero-order valence-corrected chi connectivity index (χ0v) is 56.3. The second-order valence-corrected chi connectivity index (χ2v) is 27.0. The molecule has 92 heavy (non-hydrogen) atoms. The summed E-state index contributed by atoms with van der Waals surface area (Å²) in [6.07, 6.45) is 7.56. The summed E-state index contributed by atoms with van der Waals surface area (Å²) in [5.74, 6) is 1.68. The van der Waals surface area contributed by atoms with E-state index in [0.717, 1.165) is 29.9 Å². The summed E-state index contributed by atoms with van der Waals surface area (Å²) < 4.78 is 26.3. The van der Waals surface area contributed by atoms with E-state index in [0.29, 0.717) is 55.7 Å². The predicted octanol–water partition coefficient (Wildman–Crippen LogP) is 10.7. The molecule has 510 valence electrons. The third-order valence-corrected chi connectivity index (χ3v) is 14.5. The standard InChI is InChI=1S/C28H37N3O8S.C18H28N2O4.C18H26O5.C4H8O/c1-19(14-21(16-25(33)39-28(2,3)4)15-20-7-9-22(32)10-8-20)27(35)30-17-26(34)38-12-13-40-18-23-24(31(36)37)6-5-11-29-23;1-12(17(23)20-19)9-14(11-16(22)24-18(2,3)4)10-13-5-7-15(21)8-6-13;1-12(17(21)22)9-14(11-16(20)23-18(2,3)4)10-13-5-7-15(19)8-6-13;1-2-4-5-3-1/h5-11,19,21,32H,12-18H2,1-4H3,(H,30,35);5-8,12,14,21H,9-11,19H2,1-4H3,(H,20,23);5-8,12,14,19H,9-11H2,1-4H3,(H,21,22);1-4H2/t19-,21+;2*12-,14+;/m000./s1. The Morgan fingerprint density at radius 3 is 1.33 bits per heavy atom. The number of carboxylic acid groups (broad SMARTS) is 1. The van der Waals surface area contributed by atoms with Gasteiger partial charge in [0.05, 0.1) is 10.8 Å². The third-order valence-electron chi connectivity index (χ3n) is 13.6. The Balaban J connectivity index is 0.000000475. The van der Waals surface area contributed by atoms with Crippen molar-refractivity contribution in [3.05, 3.63) is 124 Å². The molecule has 1 aliphatic rings. The number of aromatic hydroxyl groups is 3. The molecule has 0 spiro atoms. The zero-order chi connectivity index (χ0) is 69.2. The van der Waals surface area contributed by atoms with Crippen molar-refractivity contribution in [2.45, 2.75) is 176 Å². The maximum atomic E-state index is 12.7. The Morgan fingerprint density at radius 1 is 0.609 bits per heavy atom. The Morgan fingerprint density at radius 2 is 0.989 bits per heavy atom. The van der Waals surface area contributed by atoms with Gasteiger partial charge in [0, 0.05) is 68.1 Å². The van der Waals surface area contributed by atoms with Crippen LogP contribution in [0.15, 0.2) is 91.1 Å². The van der Waals surface area contributed by atoms with Crippen molar-refractivity contribution < 1.29 is 82.6 Å². The number of carbonyl (C=O) groups excluding carboxylic acids is 6. The number of nitrogens with zero attached hydrogens (tertiary/aromatic N) is 2. The number of benzene rings is 3. The normalized spacial score (nSPS) is 14.0. The first-order valence-corrected chi connectivity index (χ1v) is 32.1. The zero-order valence-electron chi connectivity index (χ0n) is 55.5. The molecule has 4 aromatic rings. The van der Waals surface area contributed by atoms with E-state index in [4.69, 9.17) is 34.6 Å². The van der Waals surface area contributed by atoms with Crippen LogP contribution in [-0.4, -0.2) is 121 Å². The van der Waals surface area contributed by atoms with Crippen LogP contribution in [0.1, 0.15) is 157 Å². The maximum Gasteiger partial charge on any atom is 0.325 e. The van der Waals surface area contributed by atoms with Gasteiger partial charge in [-0.05, 0) is 191 Å². The Kier molecular flexibility index (Phi) is 35.7. The SMILES string of the molecule is C1CCOC1.C[C@@H](C[C@@H](CC(=O)OC(C)(C)C)Cc1ccc(O)cc1)C(=O)NCC(=O)OCCSCc1ncccc1[N+](=O)[O-].C[C@@H](C[C@@H](CC(=O)OC(C)(C)C)Cc1ccc(O)cc1)C(=O)NN.C[C@@H](C[C@@H](CC(=O)OC(C)(C)C)Cc1ccc(O)cc1)C(=O)O. The lowest BCUT2D eigenvalue weighted by molar-refractivity contribution is -0.385. The number of nitrogens with one attached hydrogen (secondary N) is 2. The molecule has 0 aliphatic carbocycles. The predicted molar refractivity (Wildman–Crippen MR) is 350 cm³/mol. The second-order valence-electron chi connectivity index (χ2n) is 25.9. The van der Waals surface area contributed by atoms with Gasteiger partial charge in [0.1, 0.15) is 52.9 Å². The number of carboxylic acids is 1. The first-order valence-electron chi connectivity index (χ1n) is 30.9. The average Bonchev–Trinajstić information content (AvgIpc) is 1.37. The van der Waals surface area contributed by atoms with Gasteiger partial charge in [0.15, 0.2) is 0 Å². The van der Waals surface area contributed by atoms with Gasteiger partial charge in [0.25, 0.3) is 5.69 Å². The Labute approximate surface area is 545 Å². The van der Waals surface area contributed by atoms with Gasteiger partial charge in [-0.2, -0.15) is 11.8 Å². The van der Waals surface area contributed by atoms with Crippen molar-refractivity contribution in [2.24, 2.45) is 41.4 Å². The number of hydrazine groups is 1. The van der Waals surface area contributed by atoms with E-state index in [2.05, 4.69) is 15.7 Å². The number of phenols is 3. The first kappa shape index (κ1) is 80.3. The van der Waals surface area contributed by atoms with Crippen molar-refractivity contribution >= 4 is 59.1 Å². The van der Waals surface area contributed by atoms with E-state index in [-0.39, 0.29) is 109 Å². The molecule has 1 saturated heterocycles. The molecule has 8 N–H and O–H groups in total. The van der Waals surface area contributed by atoms with Crippen LogP contribution < -0.4 is 16.6 Å². The van der Waals surface area contributed by atoms with Crippen molar-refractivity contribution in [3.63, 3.8) is 0 Å². The highest BCUT2D eigenvalue weighted by atomic mass is 32.2. The van der Waals surface area contributed by atoms with E-state index in [1.54, 1.807) is 123 Å². The quantitative estimate of drug-likeness (QED) is 0.00505. The number of amides is 2. The molecule has 0 saturated carbocycles. The number of nitrogens with two attached hydrogens (primary N) is 1. The third kappa shape index (κ3) is 37.5. The molecule has 1 fully saturated rings. The number of esters is 4. The van der Waals surface area contributed by atoms with Crippen LogP contribution in [0.5, 0.6) is 17.2 Å². The largest absolute Gasteiger partial charge is 0.508 e. The number of carbonyl (C=O) groups is 7. The molecule has 24 heteroatoms. The number of thioether (sulfide) groups is 1. The monoisotopic (exact) mass is 1310 g/mol. The van der Waals surface area contributed by atoms with Gasteiger partial charge in [0.2, 0.25) is 11.8 Å². The first-order chi connectivity index (χ1) is 43.0. The molecule has 2 amide bonds. The van der Waals surface area contributed by atoms with E-state index >= 15 is 0 Å². The molecule has 0 unspecified atom stereocenters. The van der Waals surface area contributed by atoms with Gasteiger partial charge in [-0.3, -0.25) is 54.1 Å². The topological polar surface area (TPSA) is 353 Å². The lowest BCUT2D eigenvalue weighted by Crippen LogP contribution is -2.36. The van der Waals surface area contributed by atoms with Crippen LogP contribution in [-0.2, 0) is 82.3 Å². The number of rotatable bonds is 29. The molecule has 23 nitrogen and oxygen atoms in total. The average molecular weight is 1310 g/mol. The van der Waals surface area contributed by atoms with Gasteiger partial charge >= 0.3 is 29.8 Å². The van der Waals surface area contributed by atoms with E-state index in [1.807, 2.05) is 32.9 Å². The molecule has 5 rings (SSSR count). The number of aliphatic carboxylic acids is 1. The van der Waals surface area contributed by atoms with Crippen LogP contribution in [0.3, 0.4) is 0 Å². The summed E-state index contributed by atoms with van der Waals surface area (Å²) in [4.78, 5) is 98.8. The fourth-order valence-corrected chi connectivity index (χ4v) is 10.2. The van der Waals surface area contributed by atoms with Crippen molar-refractivity contribution in [1.29, 1.82) is 0 Å². The number of aromatic nitrogens is 1. The van der Waals surface area contributed by atoms with Gasteiger partial charge < -0.3 is 49.4 Å². The molecule has 2 heterocycles. The molecule has 0 bridgehead atoms. The summed E-state index contributed by atoms with van der Waals surface area (Å²) >= 11 is 1.34. The van der Waals surface area contributed by atoms with E-state index in [1.165, 1.54) is 42.9 Å². The smallest absolute Gasteiger partial charge is 0.325 e. The lowest BCUT2D eigenvalue weighted by Gasteiger charge is -2.24. The molecule has 1 aromatic heterocycles. The second kappa shape index (κ2) is 40.9. The van der Waals surface area contributed by atoms with Crippen LogP contribution in [0.2, 0.25) is 0 Å². The Bertz CT molecular complexity index is 2900. The summed E-state index contributed by atoms with van der Waals surface area (Å²) in [6, 6.07) is 23.1. The van der Waals surface area contributed by atoms with Crippen LogP contribution in [0, 0.1) is 45.6 Å². The number of pyridine rings is 1. The minimum absolute atomic E-state index is 0.0553. The van der Waals surface area contributed by atoms with Crippen molar-refractivity contribution in [1.82, 2.24) is 15.7 Å². The highest BCUT2D eigenvalue weighted by Crippen LogP contribution is 2.28. The van der Waals surface area contributed by atoms with Crippen LogP contribution >= 0.6 is 11.8 Å². The summed E-state index contributed by atoms with van der Waals surface area (Å²) in [7, 11) is 0. The molecule has 0 radical (unpaired) electrons.